The van der Waals surface area contributed by atoms with Crippen LogP contribution in [0, 0.1) is 11.3 Å². The van der Waals surface area contributed by atoms with Gasteiger partial charge in [-0.25, -0.2) is 0 Å². The third kappa shape index (κ3) is 5.39. The first-order valence-electron chi connectivity index (χ1n) is 7.46. The molecule has 0 spiro atoms. The van der Waals surface area contributed by atoms with Crippen LogP contribution >= 0.6 is 0 Å². The maximum Gasteiger partial charge on any atom is 0.0469 e. The van der Waals surface area contributed by atoms with Crippen molar-refractivity contribution in [1.82, 2.24) is 4.90 Å². The first-order chi connectivity index (χ1) is 8.16. The predicted molar refractivity (Wildman–Crippen MR) is 74.3 cm³/mol. The SMILES string of the molecule is CC.CC1(C)CCN(CC2CCOCC2)CC1. The van der Waals surface area contributed by atoms with Crippen molar-refractivity contribution in [2.75, 3.05) is 32.8 Å². The third-order valence-corrected chi connectivity index (χ3v) is 4.07. The van der Waals surface area contributed by atoms with Gasteiger partial charge in [-0.2, -0.15) is 0 Å². The van der Waals surface area contributed by atoms with E-state index in [2.05, 4.69) is 18.7 Å². The van der Waals surface area contributed by atoms with Crippen molar-refractivity contribution in [3.05, 3.63) is 0 Å². The lowest BCUT2D eigenvalue weighted by Gasteiger charge is -2.39. The lowest BCUT2D eigenvalue weighted by atomic mass is 9.82. The average Bonchev–Trinajstić information content (AvgIpc) is 2.36. The number of piperidine rings is 1. The minimum Gasteiger partial charge on any atom is -0.381 e. The number of ether oxygens (including phenoxy) is 1. The Hall–Kier alpha value is -0.0800. The summed E-state index contributed by atoms with van der Waals surface area (Å²) in [5.74, 6) is 0.903. The molecule has 2 fully saturated rings. The standard InChI is InChI=1S/C13H25NO.C2H6/c1-13(2)5-7-14(8-6-13)11-12-3-9-15-10-4-12;1-2/h12H,3-11H2,1-2H3;1-2H3. The largest absolute Gasteiger partial charge is 0.381 e. The maximum atomic E-state index is 5.40. The Balaban J connectivity index is 0.000000686. The van der Waals surface area contributed by atoms with E-state index in [-0.39, 0.29) is 0 Å². The molecule has 0 bridgehead atoms. The fourth-order valence-corrected chi connectivity index (χ4v) is 2.64. The molecule has 0 aliphatic carbocycles. The molecule has 0 aromatic heterocycles. The Labute approximate surface area is 108 Å². The summed E-state index contributed by atoms with van der Waals surface area (Å²) in [6, 6.07) is 0. The molecule has 17 heavy (non-hydrogen) atoms. The van der Waals surface area contributed by atoms with Crippen LogP contribution < -0.4 is 0 Å². The van der Waals surface area contributed by atoms with E-state index in [9.17, 15) is 0 Å². The van der Waals surface area contributed by atoms with Crippen LogP contribution in [0.25, 0.3) is 0 Å². The van der Waals surface area contributed by atoms with Crippen molar-refractivity contribution in [2.24, 2.45) is 11.3 Å². The first kappa shape index (κ1) is 15.0. The molecule has 0 aromatic carbocycles. The van der Waals surface area contributed by atoms with Crippen molar-refractivity contribution >= 4 is 0 Å². The maximum absolute atomic E-state index is 5.40. The summed E-state index contributed by atoms with van der Waals surface area (Å²) >= 11 is 0. The van der Waals surface area contributed by atoms with Crippen LogP contribution in [-0.2, 0) is 4.74 Å². The Bertz CT molecular complexity index is 187. The van der Waals surface area contributed by atoms with Crippen LogP contribution in [0.5, 0.6) is 0 Å². The lowest BCUT2D eigenvalue weighted by molar-refractivity contribution is 0.0412. The molecule has 0 aromatic rings. The van der Waals surface area contributed by atoms with Gasteiger partial charge < -0.3 is 9.64 Å². The summed E-state index contributed by atoms with van der Waals surface area (Å²) in [5, 5.41) is 0. The van der Waals surface area contributed by atoms with E-state index in [1.54, 1.807) is 0 Å². The van der Waals surface area contributed by atoms with Crippen LogP contribution in [0.4, 0.5) is 0 Å². The molecule has 2 aliphatic rings. The molecular weight excluding hydrogens is 210 g/mol. The Morgan fingerprint density at radius 3 is 2.12 bits per heavy atom. The van der Waals surface area contributed by atoms with E-state index in [0.29, 0.717) is 5.41 Å². The highest BCUT2D eigenvalue weighted by Gasteiger charge is 2.26. The monoisotopic (exact) mass is 241 g/mol. The Kier molecular flexibility index (Phi) is 6.50. The van der Waals surface area contributed by atoms with E-state index >= 15 is 0 Å². The number of nitrogens with zero attached hydrogens (tertiary/aromatic N) is 1. The van der Waals surface area contributed by atoms with Gasteiger partial charge in [0.15, 0.2) is 0 Å². The molecule has 2 heteroatoms. The van der Waals surface area contributed by atoms with Crippen molar-refractivity contribution in [1.29, 1.82) is 0 Å². The van der Waals surface area contributed by atoms with Crippen LogP contribution in [0.2, 0.25) is 0 Å². The molecule has 2 aliphatic heterocycles. The molecule has 2 heterocycles. The Morgan fingerprint density at radius 1 is 1.06 bits per heavy atom. The minimum atomic E-state index is 0.589. The molecule has 0 radical (unpaired) electrons. The summed E-state index contributed by atoms with van der Waals surface area (Å²) in [5.41, 5.74) is 0.589. The van der Waals surface area contributed by atoms with Crippen molar-refractivity contribution in [2.45, 2.75) is 53.4 Å². The molecule has 102 valence electrons. The van der Waals surface area contributed by atoms with Gasteiger partial charge in [-0.15, -0.1) is 0 Å². The number of hydrogen-bond donors (Lipinski definition) is 0. The summed E-state index contributed by atoms with van der Waals surface area (Å²) in [7, 11) is 0. The molecular formula is C15H31NO. The highest BCUT2D eigenvalue weighted by atomic mass is 16.5. The average molecular weight is 241 g/mol. The van der Waals surface area contributed by atoms with Crippen LogP contribution in [0.3, 0.4) is 0 Å². The number of hydrogen-bond acceptors (Lipinski definition) is 2. The van der Waals surface area contributed by atoms with E-state index in [1.807, 2.05) is 13.8 Å². The molecule has 0 N–H and O–H groups in total. The van der Waals surface area contributed by atoms with Gasteiger partial charge in [0.1, 0.15) is 0 Å². The summed E-state index contributed by atoms with van der Waals surface area (Å²) in [4.78, 5) is 2.67. The zero-order valence-corrected chi connectivity index (χ0v) is 12.3. The fourth-order valence-electron chi connectivity index (χ4n) is 2.64. The van der Waals surface area contributed by atoms with Gasteiger partial charge in [0, 0.05) is 19.8 Å². The lowest BCUT2D eigenvalue weighted by Crippen LogP contribution is -2.40. The summed E-state index contributed by atoms with van der Waals surface area (Å²) < 4.78 is 5.40. The molecule has 0 amide bonds. The zero-order valence-electron chi connectivity index (χ0n) is 12.3. The predicted octanol–water partition coefficient (Wildman–Crippen LogP) is 3.56. The quantitative estimate of drug-likeness (QED) is 0.733. The van der Waals surface area contributed by atoms with Crippen LogP contribution in [-0.4, -0.2) is 37.7 Å². The van der Waals surface area contributed by atoms with Gasteiger partial charge in [-0.3, -0.25) is 0 Å². The number of rotatable bonds is 2. The van der Waals surface area contributed by atoms with Gasteiger partial charge in [0.2, 0.25) is 0 Å². The minimum absolute atomic E-state index is 0.589. The van der Waals surface area contributed by atoms with E-state index in [0.717, 1.165) is 19.1 Å². The highest BCUT2D eigenvalue weighted by molar-refractivity contribution is 4.80. The van der Waals surface area contributed by atoms with Crippen molar-refractivity contribution in [3.8, 4) is 0 Å². The van der Waals surface area contributed by atoms with E-state index in [4.69, 9.17) is 4.74 Å². The molecule has 2 saturated heterocycles. The van der Waals surface area contributed by atoms with E-state index < -0.39 is 0 Å². The molecule has 2 rings (SSSR count). The molecule has 0 unspecified atom stereocenters. The van der Waals surface area contributed by atoms with Gasteiger partial charge in [-0.1, -0.05) is 27.7 Å². The van der Waals surface area contributed by atoms with Gasteiger partial charge in [0.05, 0.1) is 0 Å². The van der Waals surface area contributed by atoms with Crippen molar-refractivity contribution in [3.63, 3.8) is 0 Å². The smallest absolute Gasteiger partial charge is 0.0469 e. The topological polar surface area (TPSA) is 12.5 Å². The Morgan fingerprint density at radius 2 is 1.59 bits per heavy atom. The second-order valence-corrected chi connectivity index (χ2v) is 6.02. The molecule has 0 saturated carbocycles. The first-order valence-corrected chi connectivity index (χ1v) is 7.46. The third-order valence-electron chi connectivity index (χ3n) is 4.07. The zero-order chi connectivity index (χ0) is 12.7. The second-order valence-electron chi connectivity index (χ2n) is 6.02. The van der Waals surface area contributed by atoms with Crippen LogP contribution in [0.15, 0.2) is 0 Å². The van der Waals surface area contributed by atoms with Gasteiger partial charge >= 0.3 is 0 Å². The fraction of sp³-hybridized carbons (Fsp3) is 1.00. The number of likely N-dealkylation sites (tertiary alicyclic amines) is 1. The molecule has 2 nitrogen and oxygen atoms in total. The van der Waals surface area contributed by atoms with Crippen LogP contribution in [0.1, 0.15) is 53.4 Å². The molecule has 0 atom stereocenters. The normalized spacial score (nSPS) is 26.1. The van der Waals surface area contributed by atoms with E-state index in [1.165, 1.54) is 45.3 Å². The summed E-state index contributed by atoms with van der Waals surface area (Å²) in [6.07, 6.45) is 5.30. The van der Waals surface area contributed by atoms with Gasteiger partial charge in [0.25, 0.3) is 0 Å². The second kappa shape index (κ2) is 7.38. The van der Waals surface area contributed by atoms with Gasteiger partial charge in [-0.05, 0) is 50.1 Å². The van der Waals surface area contributed by atoms with Crippen molar-refractivity contribution < 1.29 is 4.74 Å². The summed E-state index contributed by atoms with van der Waals surface area (Å²) in [6.45, 7) is 14.7. The highest BCUT2D eigenvalue weighted by Crippen LogP contribution is 2.30.